The number of rotatable bonds is 2. The van der Waals surface area contributed by atoms with Crippen molar-refractivity contribution in [2.75, 3.05) is 5.32 Å². The van der Waals surface area contributed by atoms with Gasteiger partial charge in [-0.1, -0.05) is 42.5 Å². The summed E-state index contributed by atoms with van der Waals surface area (Å²) in [6.45, 7) is 4.02. The Bertz CT molecular complexity index is 767. The summed E-state index contributed by atoms with van der Waals surface area (Å²) in [4.78, 5) is 23.8. The molecule has 2 aromatic rings. The van der Waals surface area contributed by atoms with Gasteiger partial charge in [0.25, 0.3) is 0 Å². The molecule has 0 radical (unpaired) electrons. The van der Waals surface area contributed by atoms with Crippen molar-refractivity contribution < 1.29 is 9.59 Å². The average Bonchev–Trinajstić information content (AvgIpc) is 2.48. The minimum absolute atomic E-state index is 0.447. The smallest absolute Gasteiger partial charge is 0.233 e. The van der Waals surface area contributed by atoms with E-state index in [1.165, 1.54) is 6.08 Å². The highest BCUT2D eigenvalue weighted by Crippen LogP contribution is 2.29. The van der Waals surface area contributed by atoms with E-state index >= 15 is 0 Å². The maximum Gasteiger partial charge on any atom is 0.233 e. The molecule has 21 heavy (non-hydrogen) atoms. The Balaban J connectivity index is 2.09. The van der Waals surface area contributed by atoms with Gasteiger partial charge in [0.1, 0.15) is 0 Å². The lowest BCUT2D eigenvalue weighted by Gasteiger charge is -2.20. The first kappa shape index (κ1) is 13.3. The van der Waals surface area contributed by atoms with Gasteiger partial charge in [-0.25, -0.2) is 0 Å². The lowest BCUT2D eigenvalue weighted by Crippen LogP contribution is -2.21. The highest BCUT2D eigenvalue weighted by Gasteiger charge is 2.25. The van der Waals surface area contributed by atoms with E-state index in [1.54, 1.807) is 12.1 Å². The number of aryl methyl sites for hydroxylation is 2. The number of benzene rings is 2. The van der Waals surface area contributed by atoms with Crippen molar-refractivity contribution in [2.45, 2.75) is 13.8 Å². The van der Waals surface area contributed by atoms with Crippen molar-refractivity contribution >= 4 is 23.0 Å². The van der Waals surface area contributed by atoms with Crippen molar-refractivity contribution in [1.29, 1.82) is 0 Å². The number of carbonyl (C=O) groups is 2. The van der Waals surface area contributed by atoms with Gasteiger partial charge >= 0.3 is 0 Å². The fourth-order valence-electron chi connectivity index (χ4n) is 2.57. The largest absolute Gasteiger partial charge is 0.354 e. The van der Waals surface area contributed by atoms with Gasteiger partial charge in [0.05, 0.1) is 5.70 Å². The number of fused-ring (bicyclic) bond motifs is 1. The third kappa shape index (κ3) is 2.27. The van der Waals surface area contributed by atoms with Crippen LogP contribution in [0.2, 0.25) is 0 Å². The van der Waals surface area contributed by atoms with Gasteiger partial charge in [-0.3, -0.25) is 9.59 Å². The highest BCUT2D eigenvalue weighted by molar-refractivity contribution is 6.50. The molecular formula is C18H15NO2. The van der Waals surface area contributed by atoms with E-state index in [-0.39, 0.29) is 0 Å². The molecule has 0 heterocycles. The summed E-state index contributed by atoms with van der Waals surface area (Å²) in [7, 11) is 0. The van der Waals surface area contributed by atoms with Crippen LogP contribution >= 0.6 is 0 Å². The zero-order valence-electron chi connectivity index (χ0n) is 11.9. The Morgan fingerprint density at radius 3 is 2.10 bits per heavy atom. The van der Waals surface area contributed by atoms with Crippen LogP contribution in [0.25, 0.3) is 5.70 Å². The maximum absolute atomic E-state index is 11.9. The second-order valence-electron chi connectivity index (χ2n) is 5.19. The number of nitrogens with one attached hydrogen (secondary N) is 1. The maximum atomic E-state index is 11.9. The first-order valence-corrected chi connectivity index (χ1v) is 6.81. The first-order chi connectivity index (χ1) is 10.1. The molecule has 0 atom stereocenters. The SMILES string of the molecule is Cc1cccc(C)c1NC1=CC(=O)C(=O)c2ccccc21. The van der Waals surface area contributed by atoms with Crippen LogP contribution in [-0.2, 0) is 4.79 Å². The van der Waals surface area contributed by atoms with Crippen molar-refractivity contribution in [1.82, 2.24) is 0 Å². The molecule has 3 heteroatoms. The quantitative estimate of drug-likeness (QED) is 0.854. The van der Waals surface area contributed by atoms with E-state index in [1.807, 2.05) is 44.2 Å². The monoisotopic (exact) mass is 277 g/mol. The molecule has 3 nitrogen and oxygen atoms in total. The first-order valence-electron chi connectivity index (χ1n) is 6.81. The van der Waals surface area contributed by atoms with E-state index in [9.17, 15) is 9.59 Å². The molecule has 0 fully saturated rings. The van der Waals surface area contributed by atoms with E-state index in [2.05, 4.69) is 5.32 Å². The van der Waals surface area contributed by atoms with Crippen molar-refractivity contribution in [2.24, 2.45) is 0 Å². The molecule has 3 rings (SSSR count). The third-order valence-electron chi connectivity index (χ3n) is 3.70. The van der Waals surface area contributed by atoms with Gasteiger partial charge in [-0.05, 0) is 25.0 Å². The van der Waals surface area contributed by atoms with Gasteiger partial charge in [-0.2, -0.15) is 0 Å². The lowest BCUT2D eigenvalue weighted by atomic mass is 9.92. The molecule has 0 aliphatic heterocycles. The zero-order valence-corrected chi connectivity index (χ0v) is 11.9. The minimum Gasteiger partial charge on any atom is -0.354 e. The molecule has 0 amide bonds. The highest BCUT2D eigenvalue weighted by atomic mass is 16.2. The van der Waals surface area contributed by atoms with Gasteiger partial charge in [-0.15, -0.1) is 0 Å². The topological polar surface area (TPSA) is 46.2 Å². The average molecular weight is 277 g/mol. The Kier molecular flexibility index (Phi) is 3.18. The number of ketones is 2. The van der Waals surface area contributed by atoms with E-state index < -0.39 is 11.6 Å². The minimum atomic E-state index is -0.484. The molecule has 2 aromatic carbocycles. The summed E-state index contributed by atoms with van der Waals surface area (Å²) in [5.41, 5.74) is 5.06. The van der Waals surface area contributed by atoms with Gasteiger partial charge in [0.15, 0.2) is 0 Å². The molecule has 0 bridgehead atoms. The Hall–Kier alpha value is -2.68. The van der Waals surface area contributed by atoms with Gasteiger partial charge < -0.3 is 5.32 Å². The van der Waals surface area contributed by atoms with Crippen LogP contribution in [0.1, 0.15) is 27.0 Å². The summed E-state index contributed by atoms with van der Waals surface area (Å²) in [5, 5.41) is 3.31. The number of carbonyl (C=O) groups excluding carboxylic acids is 2. The summed E-state index contributed by atoms with van der Waals surface area (Å²) < 4.78 is 0. The van der Waals surface area contributed by atoms with E-state index in [4.69, 9.17) is 0 Å². The number of hydrogen-bond donors (Lipinski definition) is 1. The van der Waals surface area contributed by atoms with Crippen LogP contribution in [0.3, 0.4) is 0 Å². The molecule has 0 aromatic heterocycles. The molecule has 0 saturated heterocycles. The number of para-hydroxylation sites is 1. The predicted octanol–water partition coefficient (Wildman–Crippen LogP) is 3.52. The molecule has 1 aliphatic rings. The molecule has 104 valence electrons. The van der Waals surface area contributed by atoms with Crippen molar-refractivity contribution in [3.05, 3.63) is 70.8 Å². The standard InChI is InChI=1S/C18H15NO2/c1-11-6-5-7-12(2)17(11)19-15-10-16(20)18(21)14-9-4-3-8-13(14)15/h3-10,19H,1-2H3. The summed E-state index contributed by atoms with van der Waals surface area (Å²) in [6.07, 6.45) is 1.39. The number of allylic oxidation sites excluding steroid dienone is 1. The molecular weight excluding hydrogens is 262 g/mol. The van der Waals surface area contributed by atoms with Crippen LogP contribution in [0.15, 0.2) is 48.5 Å². The fourth-order valence-corrected chi connectivity index (χ4v) is 2.57. The van der Waals surface area contributed by atoms with E-state index in [0.29, 0.717) is 11.3 Å². The van der Waals surface area contributed by atoms with Crippen LogP contribution < -0.4 is 5.32 Å². The molecule has 0 spiro atoms. The second-order valence-corrected chi connectivity index (χ2v) is 5.19. The van der Waals surface area contributed by atoms with Crippen LogP contribution in [0, 0.1) is 13.8 Å². The number of anilines is 1. The van der Waals surface area contributed by atoms with Crippen LogP contribution in [0.4, 0.5) is 5.69 Å². The van der Waals surface area contributed by atoms with Gasteiger partial charge in [0, 0.05) is 22.9 Å². The molecule has 1 aliphatic carbocycles. The fraction of sp³-hybridized carbons (Fsp3) is 0.111. The lowest BCUT2D eigenvalue weighted by molar-refractivity contribution is -0.111. The summed E-state index contributed by atoms with van der Waals surface area (Å²) in [6, 6.07) is 13.2. The van der Waals surface area contributed by atoms with Crippen molar-refractivity contribution in [3.63, 3.8) is 0 Å². The summed E-state index contributed by atoms with van der Waals surface area (Å²) >= 11 is 0. The van der Waals surface area contributed by atoms with Gasteiger partial charge in [0.2, 0.25) is 11.6 Å². The third-order valence-corrected chi connectivity index (χ3v) is 3.70. The Labute approximate surface area is 123 Å². The number of hydrogen-bond acceptors (Lipinski definition) is 3. The van der Waals surface area contributed by atoms with Crippen molar-refractivity contribution in [3.8, 4) is 0 Å². The molecule has 0 saturated carbocycles. The Morgan fingerprint density at radius 2 is 1.43 bits per heavy atom. The number of Topliss-reactive ketones (excluding diaryl/α,β-unsaturated/α-hetero) is 1. The normalized spacial score (nSPS) is 13.7. The molecule has 1 N–H and O–H groups in total. The predicted molar refractivity (Wildman–Crippen MR) is 83.3 cm³/mol. The second kappa shape index (κ2) is 5.02. The zero-order chi connectivity index (χ0) is 15.0. The van der Waals surface area contributed by atoms with Crippen LogP contribution in [-0.4, -0.2) is 11.6 Å². The summed E-state index contributed by atoms with van der Waals surface area (Å²) in [5.74, 6) is -0.930. The molecule has 0 unspecified atom stereocenters. The van der Waals surface area contributed by atoms with E-state index in [0.717, 1.165) is 22.4 Å². The Morgan fingerprint density at radius 1 is 0.810 bits per heavy atom. The van der Waals surface area contributed by atoms with Crippen LogP contribution in [0.5, 0.6) is 0 Å².